The van der Waals surface area contributed by atoms with E-state index in [1.807, 2.05) is 11.3 Å². The molecule has 2 heteroatoms. The van der Waals surface area contributed by atoms with Crippen LogP contribution in [-0.2, 0) is 0 Å². The Hall–Kier alpha value is -6.74. The van der Waals surface area contributed by atoms with Crippen molar-refractivity contribution in [2.45, 2.75) is 0 Å². The molecule has 0 fully saturated rings. The lowest BCUT2D eigenvalue weighted by molar-refractivity contribution is 1.30. The molecule has 0 atom stereocenters. The maximum absolute atomic E-state index is 2.40. The van der Waals surface area contributed by atoms with Crippen LogP contribution in [0, 0.1) is 0 Å². The number of anilines is 3. The van der Waals surface area contributed by atoms with E-state index >= 15 is 0 Å². The minimum atomic E-state index is 1.12. The van der Waals surface area contributed by atoms with E-state index < -0.39 is 0 Å². The zero-order valence-electron chi connectivity index (χ0n) is 29.6. The van der Waals surface area contributed by atoms with Crippen LogP contribution >= 0.6 is 11.3 Å². The minimum absolute atomic E-state index is 1.12. The van der Waals surface area contributed by atoms with Crippen molar-refractivity contribution in [1.82, 2.24) is 0 Å². The third-order valence-corrected chi connectivity index (χ3v) is 11.7. The maximum atomic E-state index is 2.40. The molecule has 0 saturated carbocycles. The normalized spacial score (nSPS) is 11.3. The number of fused-ring (bicyclic) bond motifs is 4. The van der Waals surface area contributed by atoms with E-state index in [1.54, 1.807) is 0 Å². The summed E-state index contributed by atoms with van der Waals surface area (Å²) < 4.78 is 2.59. The Balaban J connectivity index is 0.982. The topological polar surface area (TPSA) is 3.24 Å². The molecule has 0 aliphatic rings. The smallest absolute Gasteiger partial charge is 0.0640 e. The van der Waals surface area contributed by atoms with Crippen LogP contribution in [0.25, 0.3) is 75.5 Å². The predicted molar refractivity (Wildman–Crippen MR) is 233 cm³/mol. The second-order valence-electron chi connectivity index (χ2n) is 13.8. The highest BCUT2D eigenvalue weighted by molar-refractivity contribution is 7.26. The summed E-state index contributed by atoms with van der Waals surface area (Å²) >= 11 is 1.86. The Bertz CT molecular complexity index is 2900. The SMILES string of the molecule is c1ccc(-c2ccc(N(c3ccc(-c4ccc(-c5cccc(-c6ccc7ccccc7c6)c5)cc4)cc3)c3cccc4c3sc3ccccc34)cc2)cc1. The maximum Gasteiger partial charge on any atom is 0.0640 e. The zero-order valence-corrected chi connectivity index (χ0v) is 30.4. The van der Waals surface area contributed by atoms with E-state index in [2.05, 4.69) is 217 Å². The average Bonchev–Trinajstić information content (AvgIpc) is 3.64. The van der Waals surface area contributed by atoms with Crippen molar-refractivity contribution in [2.24, 2.45) is 0 Å². The van der Waals surface area contributed by atoms with Crippen molar-refractivity contribution in [3.63, 3.8) is 0 Å². The number of rotatable bonds is 7. The molecule has 1 aromatic heterocycles. The van der Waals surface area contributed by atoms with Gasteiger partial charge in [-0.15, -0.1) is 11.3 Å². The van der Waals surface area contributed by atoms with E-state index in [0.29, 0.717) is 0 Å². The lowest BCUT2D eigenvalue weighted by Crippen LogP contribution is -2.10. The summed E-state index contributed by atoms with van der Waals surface area (Å²) in [6.45, 7) is 0. The Morgan fingerprint density at radius 3 is 1.46 bits per heavy atom. The summed E-state index contributed by atoms with van der Waals surface area (Å²) in [5, 5.41) is 5.12. The van der Waals surface area contributed by atoms with Crippen molar-refractivity contribution >= 4 is 59.3 Å². The Labute approximate surface area is 319 Å². The monoisotopic (exact) mass is 705 g/mol. The summed E-state index contributed by atoms with van der Waals surface area (Å²) in [6, 6.07) is 77.1. The van der Waals surface area contributed by atoms with Crippen LogP contribution in [0.2, 0.25) is 0 Å². The van der Waals surface area contributed by atoms with Crippen LogP contribution in [0.15, 0.2) is 212 Å². The number of nitrogens with zero attached hydrogens (tertiary/aromatic N) is 1. The van der Waals surface area contributed by atoms with E-state index in [9.17, 15) is 0 Å². The van der Waals surface area contributed by atoms with Crippen molar-refractivity contribution in [2.75, 3.05) is 4.90 Å². The molecule has 1 heterocycles. The molecule has 254 valence electrons. The molecule has 1 nitrogen and oxygen atoms in total. The van der Waals surface area contributed by atoms with E-state index in [1.165, 1.54) is 81.1 Å². The highest BCUT2D eigenvalue weighted by Gasteiger charge is 2.18. The van der Waals surface area contributed by atoms with Crippen molar-refractivity contribution in [3.8, 4) is 44.5 Å². The van der Waals surface area contributed by atoms with Crippen LogP contribution in [0.4, 0.5) is 17.1 Å². The van der Waals surface area contributed by atoms with E-state index in [0.717, 1.165) is 11.4 Å². The van der Waals surface area contributed by atoms with Gasteiger partial charge in [0.25, 0.3) is 0 Å². The lowest BCUT2D eigenvalue weighted by Gasteiger charge is -2.26. The fourth-order valence-electron chi connectivity index (χ4n) is 7.67. The van der Waals surface area contributed by atoms with Gasteiger partial charge in [0.05, 0.1) is 10.4 Å². The first-order valence-corrected chi connectivity index (χ1v) is 19.2. The van der Waals surface area contributed by atoms with Gasteiger partial charge in [0.15, 0.2) is 0 Å². The molecule has 0 N–H and O–H groups in total. The first kappa shape index (κ1) is 32.0. The molecule has 0 unspecified atom stereocenters. The molecule has 0 aliphatic carbocycles. The number of benzene rings is 9. The van der Waals surface area contributed by atoms with Gasteiger partial charge in [-0.25, -0.2) is 0 Å². The molecule has 0 aliphatic heterocycles. The first-order chi connectivity index (χ1) is 26.7. The fourth-order valence-corrected chi connectivity index (χ4v) is 8.88. The molecule has 0 radical (unpaired) electrons. The van der Waals surface area contributed by atoms with Crippen molar-refractivity contribution in [1.29, 1.82) is 0 Å². The second kappa shape index (κ2) is 13.7. The summed E-state index contributed by atoms with van der Waals surface area (Å²) in [4.78, 5) is 2.40. The van der Waals surface area contributed by atoms with Gasteiger partial charge >= 0.3 is 0 Å². The molecular weight excluding hydrogens is 671 g/mol. The lowest BCUT2D eigenvalue weighted by atomic mass is 9.96. The molecule has 10 rings (SSSR count). The first-order valence-electron chi connectivity index (χ1n) is 18.4. The quantitative estimate of drug-likeness (QED) is 0.160. The van der Waals surface area contributed by atoms with Crippen LogP contribution in [0.5, 0.6) is 0 Å². The van der Waals surface area contributed by atoms with Gasteiger partial charge in [-0.2, -0.15) is 0 Å². The second-order valence-corrected chi connectivity index (χ2v) is 14.8. The molecule has 0 bridgehead atoms. The van der Waals surface area contributed by atoms with Gasteiger partial charge < -0.3 is 4.90 Å². The van der Waals surface area contributed by atoms with Crippen LogP contribution in [-0.4, -0.2) is 0 Å². The van der Waals surface area contributed by atoms with Gasteiger partial charge in [0.1, 0.15) is 0 Å². The van der Waals surface area contributed by atoms with Crippen molar-refractivity contribution < 1.29 is 0 Å². The van der Waals surface area contributed by atoms with Crippen LogP contribution in [0.1, 0.15) is 0 Å². The third kappa shape index (κ3) is 5.93. The third-order valence-electron chi connectivity index (χ3n) is 10.5. The Kier molecular flexibility index (Phi) is 8.09. The highest BCUT2D eigenvalue weighted by atomic mass is 32.1. The van der Waals surface area contributed by atoms with E-state index in [-0.39, 0.29) is 0 Å². The van der Waals surface area contributed by atoms with Crippen LogP contribution in [0.3, 0.4) is 0 Å². The summed E-state index contributed by atoms with van der Waals surface area (Å²) in [5.41, 5.74) is 13.1. The van der Waals surface area contributed by atoms with Gasteiger partial charge in [0, 0.05) is 26.8 Å². The van der Waals surface area contributed by atoms with Crippen molar-refractivity contribution in [3.05, 3.63) is 212 Å². The predicted octanol–water partition coefficient (Wildman–Crippen LogP) is 15.3. The standard InChI is InChI=1S/C52H35NS/c1-2-10-36(11-3-1)39-26-30-46(31-27-39)53(50-18-9-17-49-48-16-6-7-19-51(48)54-52(49)50)47-32-28-40(29-33-47)38-20-22-41(23-21-38)43-14-8-15-44(34-43)45-25-24-37-12-4-5-13-42(37)35-45/h1-35H. The molecule has 54 heavy (non-hydrogen) atoms. The molecule has 0 amide bonds. The largest absolute Gasteiger partial charge is 0.309 e. The van der Waals surface area contributed by atoms with Gasteiger partial charge in [-0.1, -0.05) is 164 Å². The fraction of sp³-hybridized carbons (Fsp3) is 0. The molecular formula is C52H35NS. The Morgan fingerprint density at radius 1 is 0.296 bits per heavy atom. The highest BCUT2D eigenvalue weighted by Crippen LogP contribution is 2.45. The summed E-state index contributed by atoms with van der Waals surface area (Å²) in [5.74, 6) is 0. The van der Waals surface area contributed by atoms with Gasteiger partial charge in [-0.3, -0.25) is 0 Å². The number of hydrogen-bond donors (Lipinski definition) is 0. The van der Waals surface area contributed by atoms with E-state index in [4.69, 9.17) is 0 Å². The number of thiophene rings is 1. The minimum Gasteiger partial charge on any atom is -0.309 e. The molecule has 9 aromatic carbocycles. The van der Waals surface area contributed by atoms with Gasteiger partial charge in [0.2, 0.25) is 0 Å². The molecule has 0 saturated heterocycles. The Morgan fingerprint density at radius 2 is 0.759 bits per heavy atom. The summed E-state index contributed by atoms with van der Waals surface area (Å²) in [7, 11) is 0. The molecule has 10 aromatic rings. The van der Waals surface area contributed by atoms with Crippen LogP contribution < -0.4 is 4.90 Å². The zero-order chi connectivity index (χ0) is 35.8. The van der Waals surface area contributed by atoms with Gasteiger partial charge in [-0.05, 0) is 104 Å². The number of hydrogen-bond acceptors (Lipinski definition) is 2. The average molecular weight is 706 g/mol. The molecule has 0 spiro atoms. The summed E-state index contributed by atoms with van der Waals surface area (Å²) in [6.07, 6.45) is 0.